The number of aromatic nitrogens is 2. The van der Waals surface area contributed by atoms with E-state index in [-0.39, 0.29) is 6.04 Å². The van der Waals surface area contributed by atoms with Crippen molar-refractivity contribution in [3.63, 3.8) is 0 Å². The Labute approximate surface area is 119 Å². The Balaban J connectivity index is 2.11. The summed E-state index contributed by atoms with van der Waals surface area (Å²) in [5, 5.41) is 3.40. The van der Waals surface area contributed by atoms with Crippen LogP contribution in [0.25, 0.3) is 0 Å². The number of nitrogens with zero attached hydrogens (tertiary/aromatic N) is 2. The predicted octanol–water partition coefficient (Wildman–Crippen LogP) is 2.96. The van der Waals surface area contributed by atoms with Crippen molar-refractivity contribution in [3.05, 3.63) is 35.5 Å². The van der Waals surface area contributed by atoms with Gasteiger partial charge in [-0.25, -0.2) is 9.97 Å². The fourth-order valence-electron chi connectivity index (χ4n) is 2.07. The number of nitrogens with two attached hydrogens (primary N) is 1. The number of rotatable bonds is 6. The lowest BCUT2D eigenvalue weighted by Gasteiger charge is -2.16. The molecular weight excluding hydrogens is 252 g/mol. The first-order valence-corrected chi connectivity index (χ1v) is 7.02. The van der Waals surface area contributed by atoms with Gasteiger partial charge in [-0.05, 0) is 32.4 Å². The van der Waals surface area contributed by atoms with Gasteiger partial charge in [-0.15, -0.1) is 0 Å². The van der Waals surface area contributed by atoms with Crippen LogP contribution in [0.1, 0.15) is 37.4 Å². The van der Waals surface area contributed by atoms with Gasteiger partial charge in [0.1, 0.15) is 23.2 Å². The maximum Gasteiger partial charge on any atom is 0.134 e. The Kier molecular flexibility index (Phi) is 4.61. The highest BCUT2D eigenvalue weighted by atomic mass is 16.3. The van der Waals surface area contributed by atoms with Crippen molar-refractivity contribution in [2.75, 3.05) is 11.1 Å². The average molecular weight is 274 g/mol. The quantitative estimate of drug-likeness (QED) is 0.846. The van der Waals surface area contributed by atoms with E-state index in [1.54, 1.807) is 6.26 Å². The summed E-state index contributed by atoms with van der Waals surface area (Å²) in [6, 6.07) is 4.08. The lowest BCUT2D eigenvalue weighted by molar-refractivity contribution is 0.497. The van der Waals surface area contributed by atoms with Crippen molar-refractivity contribution in [3.8, 4) is 0 Å². The number of hydrogen-bond donors (Lipinski definition) is 2. The molecule has 0 saturated heterocycles. The third kappa shape index (κ3) is 3.50. The van der Waals surface area contributed by atoms with Gasteiger partial charge >= 0.3 is 0 Å². The van der Waals surface area contributed by atoms with Crippen LogP contribution in [0.5, 0.6) is 0 Å². The van der Waals surface area contributed by atoms with Crippen molar-refractivity contribution in [1.29, 1.82) is 0 Å². The molecule has 108 valence electrons. The van der Waals surface area contributed by atoms with Crippen molar-refractivity contribution < 1.29 is 4.42 Å². The second kappa shape index (κ2) is 6.41. The maximum atomic E-state index is 5.95. The smallest absolute Gasteiger partial charge is 0.134 e. The molecule has 1 atom stereocenters. The first kappa shape index (κ1) is 14.4. The summed E-state index contributed by atoms with van der Waals surface area (Å²) in [5.74, 6) is 3.12. The lowest BCUT2D eigenvalue weighted by atomic mass is 10.2. The molecular formula is C15H22N4O. The van der Waals surface area contributed by atoms with Crippen LogP contribution in [0.4, 0.5) is 11.6 Å². The Morgan fingerprint density at radius 3 is 2.85 bits per heavy atom. The highest BCUT2D eigenvalue weighted by Gasteiger charge is 2.12. The van der Waals surface area contributed by atoms with E-state index in [0.717, 1.165) is 42.2 Å². The number of furan rings is 1. The van der Waals surface area contributed by atoms with E-state index in [9.17, 15) is 0 Å². The molecule has 2 aromatic heterocycles. The van der Waals surface area contributed by atoms with E-state index in [1.165, 1.54) is 0 Å². The van der Waals surface area contributed by atoms with E-state index in [1.807, 2.05) is 19.1 Å². The van der Waals surface area contributed by atoms with Crippen molar-refractivity contribution in [1.82, 2.24) is 9.97 Å². The standard InChI is InChI=1S/C15H22N4O/c1-4-6-13-18-14(16)11(3)15(19-13)17-10(2)9-12-7-5-8-20-12/h5,7-8,10H,4,6,9H2,1-3H3,(H3,16,17,18,19). The van der Waals surface area contributed by atoms with E-state index in [0.29, 0.717) is 5.82 Å². The molecule has 2 heterocycles. The van der Waals surface area contributed by atoms with Crippen LogP contribution < -0.4 is 11.1 Å². The minimum Gasteiger partial charge on any atom is -0.469 e. The fourth-order valence-corrected chi connectivity index (χ4v) is 2.07. The molecule has 0 radical (unpaired) electrons. The summed E-state index contributed by atoms with van der Waals surface area (Å²) >= 11 is 0. The Morgan fingerprint density at radius 1 is 1.40 bits per heavy atom. The van der Waals surface area contributed by atoms with Gasteiger partial charge in [-0.2, -0.15) is 0 Å². The first-order valence-electron chi connectivity index (χ1n) is 7.02. The molecule has 0 saturated carbocycles. The van der Waals surface area contributed by atoms with Gasteiger partial charge in [0.25, 0.3) is 0 Å². The molecule has 0 aliphatic heterocycles. The molecule has 5 nitrogen and oxygen atoms in total. The Bertz CT molecular complexity index is 551. The van der Waals surface area contributed by atoms with Gasteiger partial charge in [-0.1, -0.05) is 6.92 Å². The number of nitrogen functional groups attached to an aromatic ring is 1. The Morgan fingerprint density at radius 2 is 2.20 bits per heavy atom. The predicted molar refractivity (Wildman–Crippen MR) is 80.7 cm³/mol. The minimum atomic E-state index is 0.212. The van der Waals surface area contributed by atoms with Gasteiger partial charge in [0.15, 0.2) is 0 Å². The second-order valence-electron chi connectivity index (χ2n) is 5.08. The second-order valence-corrected chi connectivity index (χ2v) is 5.08. The third-order valence-corrected chi connectivity index (χ3v) is 3.17. The molecule has 2 aromatic rings. The van der Waals surface area contributed by atoms with E-state index in [2.05, 4.69) is 29.1 Å². The largest absolute Gasteiger partial charge is 0.469 e. The molecule has 3 N–H and O–H groups in total. The van der Waals surface area contributed by atoms with Gasteiger partial charge in [0.2, 0.25) is 0 Å². The van der Waals surface area contributed by atoms with Crippen LogP contribution in [0.3, 0.4) is 0 Å². The number of aryl methyl sites for hydroxylation is 1. The summed E-state index contributed by atoms with van der Waals surface area (Å²) in [7, 11) is 0. The molecule has 0 amide bonds. The summed E-state index contributed by atoms with van der Waals surface area (Å²) in [6.45, 7) is 6.14. The zero-order valence-corrected chi connectivity index (χ0v) is 12.3. The van der Waals surface area contributed by atoms with Crippen LogP contribution in [-0.2, 0) is 12.8 Å². The Hall–Kier alpha value is -2.04. The fraction of sp³-hybridized carbons (Fsp3) is 0.467. The third-order valence-electron chi connectivity index (χ3n) is 3.17. The van der Waals surface area contributed by atoms with Crippen molar-refractivity contribution in [2.45, 2.75) is 46.1 Å². The number of hydrogen-bond acceptors (Lipinski definition) is 5. The highest BCUT2D eigenvalue weighted by molar-refractivity contribution is 5.55. The molecule has 2 rings (SSSR count). The van der Waals surface area contributed by atoms with Gasteiger partial charge in [0.05, 0.1) is 6.26 Å². The van der Waals surface area contributed by atoms with Gasteiger partial charge < -0.3 is 15.5 Å². The van der Waals surface area contributed by atoms with Crippen LogP contribution in [-0.4, -0.2) is 16.0 Å². The van der Waals surface area contributed by atoms with Crippen LogP contribution >= 0.6 is 0 Å². The zero-order chi connectivity index (χ0) is 14.5. The maximum absolute atomic E-state index is 5.95. The van der Waals surface area contributed by atoms with Crippen LogP contribution in [0, 0.1) is 6.92 Å². The summed E-state index contributed by atoms with van der Waals surface area (Å²) < 4.78 is 5.36. The molecule has 20 heavy (non-hydrogen) atoms. The SMILES string of the molecule is CCCc1nc(N)c(C)c(NC(C)Cc2ccco2)n1. The molecule has 0 spiro atoms. The van der Waals surface area contributed by atoms with Crippen LogP contribution in [0.15, 0.2) is 22.8 Å². The monoisotopic (exact) mass is 274 g/mol. The topological polar surface area (TPSA) is 77.0 Å². The molecule has 0 bridgehead atoms. The zero-order valence-electron chi connectivity index (χ0n) is 12.3. The minimum absolute atomic E-state index is 0.212. The van der Waals surface area contributed by atoms with Crippen LogP contribution in [0.2, 0.25) is 0 Å². The van der Waals surface area contributed by atoms with E-state index >= 15 is 0 Å². The molecule has 0 aliphatic carbocycles. The van der Waals surface area contributed by atoms with E-state index < -0.39 is 0 Å². The molecule has 5 heteroatoms. The highest BCUT2D eigenvalue weighted by Crippen LogP contribution is 2.19. The average Bonchev–Trinajstić information content (AvgIpc) is 2.88. The van der Waals surface area contributed by atoms with E-state index in [4.69, 9.17) is 10.2 Å². The molecule has 1 unspecified atom stereocenters. The number of anilines is 2. The number of nitrogens with one attached hydrogen (secondary N) is 1. The molecule has 0 aromatic carbocycles. The lowest BCUT2D eigenvalue weighted by Crippen LogP contribution is -2.20. The van der Waals surface area contributed by atoms with Gasteiger partial charge in [-0.3, -0.25) is 0 Å². The van der Waals surface area contributed by atoms with Crippen molar-refractivity contribution in [2.24, 2.45) is 0 Å². The molecule has 0 fully saturated rings. The molecule has 0 aliphatic rings. The summed E-state index contributed by atoms with van der Waals surface area (Å²) in [4.78, 5) is 8.87. The normalized spacial score (nSPS) is 12.3. The summed E-state index contributed by atoms with van der Waals surface area (Å²) in [5.41, 5.74) is 6.85. The van der Waals surface area contributed by atoms with Crippen molar-refractivity contribution >= 4 is 11.6 Å². The first-order chi connectivity index (χ1) is 9.60. The van der Waals surface area contributed by atoms with Gasteiger partial charge in [0, 0.05) is 24.4 Å². The summed E-state index contributed by atoms with van der Waals surface area (Å²) in [6.07, 6.45) is 4.34.